The highest BCUT2D eigenvalue weighted by atomic mass is 32.2. The number of ether oxygens (including phenoxy) is 3. The minimum Gasteiger partial charge on any atom is -0.496 e. The number of sulfonamides is 1. The van der Waals surface area contributed by atoms with Crippen LogP contribution < -0.4 is 34.9 Å². The van der Waals surface area contributed by atoms with E-state index in [4.69, 9.17) is 14.2 Å². The van der Waals surface area contributed by atoms with Crippen LogP contribution in [0.25, 0.3) is 10.8 Å². The normalized spacial score (nSPS) is 12.8. The smallest absolute Gasteiger partial charge is 0.323 e. The van der Waals surface area contributed by atoms with Crippen LogP contribution in [0.5, 0.6) is 23.0 Å². The summed E-state index contributed by atoms with van der Waals surface area (Å²) in [4.78, 5) is 28.3. The van der Waals surface area contributed by atoms with Gasteiger partial charge in [0.25, 0.3) is 0 Å². The molecular formula is C38H43N4O8PS. The fourth-order valence-corrected chi connectivity index (χ4v) is 7.34. The Morgan fingerprint density at radius 1 is 0.865 bits per heavy atom. The molecule has 0 radical (unpaired) electrons. The first-order valence-corrected chi connectivity index (χ1v) is 20.2. The van der Waals surface area contributed by atoms with Crippen molar-refractivity contribution in [2.45, 2.75) is 39.5 Å². The number of pyridine rings is 1. The summed E-state index contributed by atoms with van der Waals surface area (Å²) in [7, 11) is -4.27. The average molecular weight is 747 g/mol. The molecule has 274 valence electrons. The second-order valence-corrected chi connectivity index (χ2v) is 17.5. The van der Waals surface area contributed by atoms with E-state index in [1.165, 1.54) is 14.2 Å². The van der Waals surface area contributed by atoms with Gasteiger partial charge in [0.05, 0.1) is 42.8 Å². The van der Waals surface area contributed by atoms with E-state index in [9.17, 15) is 22.7 Å². The Labute approximate surface area is 304 Å². The molecular weight excluding hydrogens is 703 g/mol. The molecule has 0 fully saturated rings. The summed E-state index contributed by atoms with van der Waals surface area (Å²) in [6.07, 6.45) is 3.24. The highest BCUT2D eigenvalue weighted by molar-refractivity contribution is 7.92. The number of carbonyl (C=O) groups excluding carboxylic acids is 1. The number of anilines is 3. The Kier molecular flexibility index (Phi) is 11.2. The molecule has 14 heteroatoms. The first-order valence-electron chi connectivity index (χ1n) is 16.4. The maximum Gasteiger partial charge on any atom is 0.323 e. The van der Waals surface area contributed by atoms with Crippen LogP contribution in [0.1, 0.15) is 44.5 Å². The molecule has 4 aromatic carbocycles. The predicted molar refractivity (Wildman–Crippen MR) is 207 cm³/mol. The second kappa shape index (κ2) is 15.2. The van der Waals surface area contributed by atoms with Crippen molar-refractivity contribution in [3.8, 4) is 23.0 Å². The van der Waals surface area contributed by atoms with E-state index >= 15 is 0 Å². The van der Waals surface area contributed by atoms with Gasteiger partial charge in [-0.15, -0.1) is 0 Å². The van der Waals surface area contributed by atoms with Crippen LogP contribution in [-0.2, 0) is 26.4 Å². The highest BCUT2D eigenvalue weighted by Gasteiger charge is 2.24. The molecule has 0 aliphatic heterocycles. The lowest BCUT2D eigenvalue weighted by atomic mass is 9.86. The van der Waals surface area contributed by atoms with Crippen molar-refractivity contribution in [3.05, 3.63) is 102 Å². The molecule has 1 atom stereocenters. The Balaban J connectivity index is 1.38. The molecule has 0 aliphatic rings. The van der Waals surface area contributed by atoms with E-state index in [2.05, 4.69) is 20.3 Å². The van der Waals surface area contributed by atoms with Gasteiger partial charge in [-0.25, -0.2) is 13.2 Å². The summed E-state index contributed by atoms with van der Waals surface area (Å²) >= 11 is 0. The third-order valence-electron chi connectivity index (χ3n) is 8.29. The molecule has 1 unspecified atom stereocenters. The molecule has 52 heavy (non-hydrogen) atoms. The van der Waals surface area contributed by atoms with Gasteiger partial charge in [-0.3, -0.25) is 14.3 Å². The average Bonchev–Trinajstić information content (AvgIpc) is 3.08. The monoisotopic (exact) mass is 746 g/mol. The van der Waals surface area contributed by atoms with Gasteiger partial charge in [0.15, 0.2) is 5.75 Å². The summed E-state index contributed by atoms with van der Waals surface area (Å²) in [5, 5.41) is 7.50. The highest BCUT2D eigenvalue weighted by Crippen LogP contribution is 2.42. The SMILES string of the molecule is CCP(=O)(O)c1ccc(Cc2cc(Oc3ccc(NC(=O)Nc4cc(C(C)(C)C)cc(NS(C)(=O)=O)c4OC)c4ccccc34)ccn2)cc1OC. The minimum atomic E-state index is -3.64. The molecule has 0 spiro atoms. The first kappa shape index (κ1) is 38.1. The molecule has 0 bridgehead atoms. The number of fused-ring (bicyclic) bond motifs is 1. The maximum atomic E-state index is 13.4. The van der Waals surface area contributed by atoms with Gasteiger partial charge in [-0.1, -0.05) is 58.0 Å². The zero-order valence-electron chi connectivity index (χ0n) is 30.1. The Bertz CT molecular complexity index is 2290. The molecule has 0 aliphatic carbocycles. The summed E-state index contributed by atoms with van der Waals surface area (Å²) in [6, 6.07) is 22.6. The molecule has 12 nitrogen and oxygen atoms in total. The minimum absolute atomic E-state index is 0.109. The number of rotatable bonds is 12. The quantitative estimate of drug-likeness (QED) is 0.0930. The van der Waals surface area contributed by atoms with Gasteiger partial charge >= 0.3 is 6.03 Å². The topological polar surface area (TPSA) is 165 Å². The zero-order chi connectivity index (χ0) is 37.8. The van der Waals surface area contributed by atoms with Crippen LogP contribution in [0.3, 0.4) is 0 Å². The van der Waals surface area contributed by atoms with E-state index in [1.807, 2.05) is 51.1 Å². The largest absolute Gasteiger partial charge is 0.496 e. The van der Waals surface area contributed by atoms with Gasteiger partial charge in [0.2, 0.25) is 17.4 Å². The Hall–Kier alpha value is -5.10. The third-order valence-corrected chi connectivity index (χ3v) is 10.9. The first-order chi connectivity index (χ1) is 24.5. The van der Waals surface area contributed by atoms with Gasteiger partial charge in [0, 0.05) is 41.3 Å². The van der Waals surface area contributed by atoms with Crippen molar-refractivity contribution in [1.29, 1.82) is 0 Å². The molecule has 0 saturated carbocycles. The Morgan fingerprint density at radius 3 is 2.21 bits per heavy atom. The lowest BCUT2D eigenvalue weighted by Gasteiger charge is -2.24. The number of benzene rings is 4. The maximum absolute atomic E-state index is 13.4. The number of nitrogens with one attached hydrogen (secondary N) is 3. The van der Waals surface area contributed by atoms with E-state index in [0.29, 0.717) is 40.3 Å². The molecule has 2 amide bonds. The van der Waals surface area contributed by atoms with Crippen molar-refractivity contribution >= 4 is 56.6 Å². The summed E-state index contributed by atoms with van der Waals surface area (Å²) in [5.41, 5.74) is 3.01. The molecule has 1 aromatic heterocycles. The van der Waals surface area contributed by atoms with Crippen molar-refractivity contribution < 1.29 is 36.9 Å². The fraction of sp³-hybridized carbons (Fsp3) is 0.263. The number of urea groups is 1. The van der Waals surface area contributed by atoms with Crippen molar-refractivity contribution in [2.24, 2.45) is 0 Å². The van der Waals surface area contributed by atoms with E-state index < -0.39 is 23.4 Å². The fourth-order valence-electron chi connectivity index (χ4n) is 5.64. The zero-order valence-corrected chi connectivity index (χ0v) is 31.8. The molecule has 5 rings (SSSR count). The van der Waals surface area contributed by atoms with Crippen LogP contribution in [0.2, 0.25) is 0 Å². The van der Waals surface area contributed by atoms with Crippen LogP contribution in [0.15, 0.2) is 85.1 Å². The summed E-state index contributed by atoms with van der Waals surface area (Å²) < 4.78 is 56.7. The van der Waals surface area contributed by atoms with Crippen molar-refractivity contribution in [3.63, 3.8) is 0 Å². The number of aromatic nitrogens is 1. The number of methoxy groups -OCH3 is 2. The molecule has 5 aromatic rings. The lowest BCUT2D eigenvalue weighted by molar-refractivity contribution is 0.262. The Morgan fingerprint density at radius 2 is 1.56 bits per heavy atom. The van der Waals surface area contributed by atoms with Crippen LogP contribution in [0, 0.1) is 0 Å². The summed E-state index contributed by atoms with van der Waals surface area (Å²) in [5.74, 6) is 1.63. The molecule has 4 N–H and O–H groups in total. The predicted octanol–water partition coefficient (Wildman–Crippen LogP) is 7.86. The van der Waals surface area contributed by atoms with E-state index in [-0.39, 0.29) is 23.0 Å². The van der Waals surface area contributed by atoms with Crippen LogP contribution in [0.4, 0.5) is 21.9 Å². The third kappa shape index (κ3) is 9.03. The van der Waals surface area contributed by atoms with Gasteiger partial charge < -0.3 is 29.7 Å². The lowest BCUT2D eigenvalue weighted by Crippen LogP contribution is -2.22. The van der Waals surface area contributed by atoms with Crippen LogP contribution >= 0.6 is 7.37 Å². The van der Waals surface area contributed by atoms with E-state index in [1.54, 1.807) is 61.7 Å². The number of hydrogen-bond donors (Lipinski definition) is 4. The van der Waals surface area contributed by atoms with Gasteiger partial charge in [0.1, 0.15) is 17.2 Å². The second-order valence-electron chi connectivity index (χ2n) is 13.3. The van der Waals surface area contributed by atoms with Crippen molar-refractivity contribution in [1.82, 2.24) is 4.98 Å². The molecule has 1 heterocycles. The van der Waals surface area contributed by atoms with Crippen molar-refractivity contribution in [2.75, 3.05) is 42.0 Å². The number of amides is 2. The number of hydrogen-bond acceptors (Lipinski definition) is 8. The van der Waals surface area contributed by atoms with E-state index in [0.717, 1.165) is 33.8 Å². The standard InChI is InChI=1S/C38H43N4O8PS/c1-8-51(44,45)35-16-13-24(20-34(35)48-5)19-26-23-27(17-18-39-26)50-33-15-14-30(28-11-9-10-12-29(28)33)40-37(43)41-31-21-25(38(2,3)4)22-32(36(31)49-6)42-52(7,46)47/h9-18,20-23,42H,8,19H2,1-7H3,(H,44,45)(H2,40,41,43). The number of carbonyl (C=O) groups is 1. The van der Waals surface area contributed by atoms with Crippen LogP contribution in [-0.4, -0.2) is 51.0 Å². The molecule has 0 saturated heterocycles. The number of nitrogens with zero attached hydrogens (tertiary/aromatic N) is 1. The summed E-state index contributed by atoms with van der Waals surface area (Å²) in [6.45, 7) is 7.60. The van der Waals surface area contributed by atoms with Gasteiger partial charge in [-0.05, 0) is 59.0 Å². The van der Waals surface area contributed by atoms with Gasteiger partial charge in [-0.2, -0.15) is 0 Å².